The molecule has 2 heterocycles. The summed E-state index contributed by atoms with van der Waals surface area (Å²) in [6.07, 6.45) is 12.1. The number of fused-ring (bicyclic) bond motifs is 3. The van der Waals surface area contributed by atoms with Crippen LogP contribution in [0, 0.1) is 6.92 Å². The standard InChI is InChI=1S/C36H43N2O.BrH/c1-3-4-5-6-7-14-26-39-32-21-22-33-34-23-25-37(28-31-18-12-9-13-19-31)29(2)36(34)38(35(33)27-32)24-15-20-30-16-10-8-11-17-30;/h8-13,16-19,21-23,25,27H,3-7,14-15,20,24,26,28H2,1-2H3;1H/q+1;/p-1. The highest BCUT2D eigenvalue weighted by atomic mass is 79.9. The lowest BCUT2D eigenvalue weighted by Crippen LogP contribution is -3.00. The lowest BCUT2D eigenvalue weighted by atomic mass is 10.1. The Balaban J connectivity index is 0.00000370. The van der Waals surface area contributed by atoms with Gasteiger partial charge in [0.15, 0.2) is 12.7 Å². The Morgan fingerprint density at radius 3 is 2.17 bits per heavy atom. The summed E-state index contributed by atoms with van der Waals surface area (Å²) in [6, 6.07) is 30.6. The van der Waals surface area contributed by atoms with Gasteiger partial charge in [-0.05, 0) is 37.0 Å². The van der Waals surface area contributed by atoms with E-state index in [0.717, 1.165) is 44.7 Å². The molecule has 5 rings (SSSR count). The van der Waals surface area contributed by atoms with Crippen molar-refractivity contribution in [1.82, 2.24) is 4.57 Å². The Kier molecular flexibility index (Phi) is 11.2. The molecule has 3 nitrogen and oxygen atoms in total. The van der Waals surface area contributed by atoms with Crippen LogP contribution in [0.2, 0.25) is 0 Å². The van der Waals surface area contributed by atoms with Crippen LogP contribution in [-0.2, 0) is 19.5 Å². The lowest BCUT2D eigenvalue weighted by Gasteiger charge is -2.11. The third-order valence-electron chi connectivity index (χ3n) is 7.92. The van der Waals surface area contributed by atoms with E-state index in [2.05, 4.69) is 114 Å². The van der Waals surface area contributed by atoms with Crippen LogP contribution in [0.25, 0.3) is 21.8 Å². The van der Waals surface area contributed by atoms with Gasteiger partial charge in [0, 0.05) is 41.9 Å². The molecule has 2 aromatic heterocycles. The molecule has 3 aromatic carbocycles. The summed E-state index contributed by atoms with van der Waals surface area (Å²) in [5.41, 5.74) is 6.64. The number of aromatic nitrogens is 2. The summed E-state index contributed by atoms with van der Waals surface area (Å²) in [6.45, 7) is 7.19. The summed E-state index contributed by atoms with van der Waals surface area (Å²) >= 11 is 0. The number of hydrogen-bond acceptors (Lipinski definition) is 1. The molecule has 0 atom stereocenters. The number of hydrogen-bond donors (Lipinski definition) is 0. The molecule has 0 aliphatic rings. The van der Waals surface area contributed by atoms with Crippen LogP contribution in [0.15, 0.2) is 91.1 Å². The smallest absolute Gasteiger partial charge is 0.203 e. The second-order valence-corrected chi connectivity index (χ2v) is 10.8. The molecule has 210 valence electrons. The van der Waals surface area contributed by atoms with Gasteiger partial charge in [0.25, 0.3) is 0 Å². The average Bonchev–Trinajstić information content (AvgIpc) is 3.28. The first-order chi connectivity index (χ1) is 19.2. The number of unbranched alkanes of at least 4 members (excludes halogenated alkanes) is 5. The zero-order chi connectivity index (χ0) is 26.9. The second kappa shape index (κ2) is 15.0. The van der Waals surface area contributed by atoms with E-state index in [1.54, 1.807) is 0 Å². The van der Waals surface area contributed by atoms with E-state index in [-0.39, 0.29) is 17.0 Å². The number of rotatable bonds is 14. The Morgan fingerprint density at radius 1 is 0.725 bits per heavy atom. The predicted molar refractivity (Wildman–Crippen MR) is 164 cm³/mol. The van der Waals surface area contributed by atoms with E-state index in [1.807, 2.05) is 0 Å². The van der Waals surface area contributed by atoms with Crippen molar-refractivity contribution in [2.45, 2.75) is 78.3 Å². The van der Waals surface area contributed by atoms with Crippen molar-refractivity contribution < 1.29 is 26.3 Å². The maximum absolute atomic E-state index is 6.26. The van der Waals surface area contributed by atoms with Crippen LogP contribution in [0.4, 0.5) is 0 Å². The SMILES string of the molecule is CCCCCCCCOc1ccc2c3cc[n+](Cc4ccccc4)c(C)c3n(CCCc3ccccc3)c2c1.[Br-]. The predicted octanol–water partition coefficient (Wildman–Crippen LogP) is 5.81. The third kappa shape index (κ3) is 7.34. The van der Waals surface area contributed by atoms with Crippen LogP contribution < -0.4 is 26.3 Å². The normalized spacial score (nSPS) is 11.2. The fourth-order valence-electron chi connectivity index (χ4n) is 5.76. The van der Waals surface area contributed by atoms with E-state index < -0.39 is 0 Å². The third-order valence-corrected chi connectivity index (χ3v) is 7.92. The molecule has 5 aromatic rings. The van der Waals surface area contributed by atoms with Gasteiger partial charge >= 0.3 is 0 Å². The minimum atomic E-state index is 0. The number of benzene rings is 3. The molecule has 0 N–H and O–H groups in total. The van der Waals surface area contributed by atoms with Gasteiger partial charge in [0.2, 0.25) is 5.69 Å². The lowest BCUT2D eigenvalue weighted by molar-refractivity contribution is -0.693. The van der Waals surface area contributed by atoms with E-state index >= 15 is 0 Å². The Bertz CT molecular complexity index is 1480. The molecule has 0 bridgehead atoms. The van der Waals surface area contributed by atoms with Crippen molar-refractivity contribution >= 4 is 21.8 Å². The van der Waals surface area contributed by atoms with Gasteiger partial charge in [0.1, 0.15) is 11.3 Å². The molecule has 0 fully saturated rings. The highest BCUT2D eigenvalue weighted by molar-refractivity contribution is 6.08. The highest BCUT2D eigenvalue weighted by Crippen LogP contribution is 2.33. The van der Waals surface area contributed by atoms with Crippen LogP contribution >= 0.6 is 0 Å². The molecular weight excluding hydrogens is 556 g/mol. The minimum Gasteiger partial charge on any atom is -1.00 e. The molecule has 0 aliphatic heterocycles. The van der Waals surface area contributed by atoms with Crippen molar-refractivity contribution in [2.24, 2.45) is 0 Å². The molecule has 40 heavy (non-hydrogen) atoms. The summed E-state index contributed by atoms with van der Waals surface area (Å²) in [4.78, 5) is 0. The van der Waals surface area contributed by atoms with Crippen molar-refractivity contribution in [1.29, 1.82) is 0 Å². The van der Waals surface area contributed by atoms with Gasteiger partial charge in [-0.15, -0.1) is 0 Å². The molecule has 0 saturated carbocycles. The molecule has 0 saturated heterocycles. The fraction of sp³-hybridized carbons (Fsp3) is 0.361. The zero-order valence-electron chi connectivity index (χ0n) is 24.1. The molecule has 0 radical (unpaired) electrons. The number of nitrogens with zero attached hydrogens (tertiary/aromatic N) is 2. The van der Waals surface area contributed by atoms with Gasteiger partial charge in [-0.25, -0.2) is 0 Å². The Morgan fingerprint density at radius 2 is 1.43 bits per heavy atom. The van der Waals surface area contributed by atoms with Gasteiger partial charge in [-0.1, -0.05) is 99.7 Å². The van der Waals surface area contributed by atoms with E-state index in [0.29, 0.717) is 0 Å². The average molecular weight is 600 g/mol. The van der Waals surface area contributed by atoms with E-state index in [1.165, 1.54) is 70.7 Å². The van der Waals surface area contributed by atoms with Crippen LogP contribution in [0.1, 0.15) is 68.7 Å². The topological polar surface area (TPSA) is 18.0 Å². The molecule has 0 aliphatic carbocycles. The largest absolute Gasteiger partial charge is 1.00 e. The van der Waals surface area contributed by atoms with E-state index in [9.17, 15) is 0 Å². The summed E-state index contributed by atoms with van der Waals surface area (Å²) in [5, 5.41) is 2.64. The Labute approximate surface area is 250 Å². The molecular formula is C36H43BrN2O. The van der Waals surface area contributed by atoms with Gasteiger partial charge < -0.3 is 26.3 Å². The minimum absolute atomic E-state index is 0. The van der Waals surface area contributed by atoms with Gasteiger partial charge in [0.05, 0.1) is 12.1 Å². The maximum atomic E-state index is 6.26. The molecule has 4 heteroatoms. The van der Waals surface area contributed by atoms with Crippen molar-refractivity contribution in [2.75, 3.05) is 6.61 Å². The number of pyridine rings is 1. The summed E-state index contributed by atoms with van der Waals surface area (Å²) in [7, 11) is 0. The number of halogens is 1. The maximum Gasteiger partial charge on any atom is 0.203 e. The summed E-state index contributed by atoms with van der Waals surface area (Å²) in [5.74, 6) is 0.984. The fourth-order valence-corrected chi connectivity index (χ4v) is 5.76. The highest BCUT2D eigenvalue weighted by Gasteiger charge is 2.20. The first kappa shape index (κ1) is 29.9. The van der Waals surface area contributed by atoms with Crippen molar-refractivity contribution in [3.63, 3.8) is 0 Å². The first-order valence-electron chi connectivity index (χ1n) is 14.9. The number of ether oxygens (including phenoxy) is 1. The zero-order valence-corrected chi connectivity index (χ0v) is 25.7. The van der Waals surface area contributed by atoms with Crippen LogP contribution in [0.3, 0.4) is 0 Å². The summed E-state index contributed by atoms with van der Waals surface area (Å²) < 4.78 is 11.2. The quantitative estimate of drug-likeness (QED) is 0.116. The van der Waals surface area contributed by atoms with Crippen molar-refractivity contribution in [3.05, 3.63) is 108 Å². The Hall–Kier alpha value is -3.11. The molecule has 0 spiro atoms. The monoisotopic (exact) mass is 598 g/mol. The number of aryl methyl sites for hydroxylation is 3. The molecule has 0 amide bonds. The molecule has 0 unspecified atom stereocenters. The van der Waals surface area contributed by atoms with Crippen LogP contribution in [0.5, 0.6) is 5.75 Å². The first-order valence-corrected chi connectivity index (χ1v) is 14.9. The second-order valence-electron chi connectivity index (χ2n) is 10.8. The van der Waals surface area contributed by atoms with Gasteiger partial charge in [-0.2, -0.15) is 4.57 Å². The van der Waals surface area contributed by atoms with Crippen LogP contribution in [-0.4, -0.2) is 11.2 Å². The van der Waals surface area contributed by atoms with Gasteiger partial charge in [-0.3, -0.25) is 0 Å². The van der Waals surface area contributed by atoms with E-state index in [4.69, 9.17) is 4.74 Å². The van der Waals surface area contributed by atoms with Crippen molar-refractivity contribution in [3.8, 4) is 5.75 Å².